The molecule has 0 heterocycles. The molecule has 0 aliphatic rings. The first-order chi connectivity index (χ1) is 7.72. The molecule has 17 heavy (non-hydrogen) atoms. The van der Waals surface area contributed by atoms with E-state index in [0.29, 0.717) is 6.42 Å². The zero-order chi connectivity index (χ0) is 13.6. The van der Waals surface area contributed by atoms with E-state index in [1.54, 1.807) is 20.8 Å². The third-order valence-corrected chi connectivity index (χ3v) is 1.77. The molecule has 0 spiro atoms. The number of hydroxylamine groups is 1. The van der Waals surface area contributed by atoms with E-state index in [1.807, 2.05) is 6.92 Å². The van der Waals surface area contributed by atoms with Gasteiger partial charge in [0.25, 0.3) is 0 Å². The van der Waals surface area contributed by atoms with Crippen LogP contribution in [0, 0.1) is 5.41 Å². The van der Waals surface area contributed by atoms with Gasteiger partial charge in [-0.2, -0.15) is 0 Å². The van der Waals surface area contributed by atoms with Crippen molar-refractivity contribution in [1.82, 2.24) is 10.4 Å². The summed E-state index contributed by atoms with van der Waals surface area (Å²) in [4.78, 5) is 12.7. The van der Waals surface area contributed by atoms with Crippen molar-refractivity contribution in [2.45, 2.75) is 45.9 Å². The molecule has 0 aromatic rings. The van der Waals surface area contributed by atoms with Gasteiger partial charge in [-0.25, -0.2) is 4.79 Å². The second kappa shape index (κ2) is 6.41. The number of hydrogen-bond donors (Lipinski definition) is 4. The minimum absolute atomic E-state index is 0.222. The summed E-state index contributed by atoms with van der Waals surface area (Å²) in [6.45, 7) is 7.16. The van der Waals surface area contributed by atoms with Crippen molar-refractivity contribution in [2.24, 2.45) is 0 Å². The summed E-state index contributed by atoms with van der Waals surface area (Å²) in [7, 11) is 0. The van der Waals surface area contributed by atoms with E-state index in [2.05, 4.69) is 0 Å². The van der Waals surface area contributed by atoms with Gasteiger partial charge in [0.2, 0.25) is 0 Å². The van der Waals surface area contributed by atoms with Gasteiger partial charge in [-0.3, -0.25) is 21.0 Å². The Bertz CT molecular complexity index is 275. The van der Waals surface area contributed by atoms with Crippen LogP contribution in [-0.2, 0) is 4.74 Å². The van der Waals surface area contributed by atoms with Crippen LogP contribution in [0.2, 0.25) is 0 Å². The van der Waals surface area contributed by atoms with Crippen molar-refractivity contribution in [3.8, 4) is 0 Å². The van der Waals surface area contributed by atoms with Crippen LogP contribution >= 0.6 is 0 Å². The topological polar surface area (TPSA) is 106 Å². The van der Waals surface area contributed by atoms with Gasteiger partial charge in [-0.15, -0.1) is 0 Å². The number of aliphatic hydroxyl groups excluding tert-OH is 1. The summed E-state index contributed by atoms with van der Waals surface area (Å²) in [5.74, 6) is -0.579. The van der Waals surface area contributed by atoms with Crippen LogP contribution in [0.5, 0.6) is 0 Å². The van der Waals surface area contributed by atoms with Crippen molar-refractivity contribution in [2.75, 3.05) is 6.54 Å². The first-order valence-corrected chi connectivity index (χ1v) is 5.39. The molecule has 1 atom stereocenters. The average Bonchev–Trinajstić information content (AvgIpc) is 2.21. The third kappa shape index (κ3) is 5.50. The monoisotopic (exact) mass is 247 g/mol. The number of hydrogen-bond acceptors (Lipinski definition) is 5. The second-order valence-corrected chi connectivity index (χ2v) is 4.57. The largest absolute Gasteiger partial charge is 0.444 e. The van der Waals surface area contributed by atoms with Gasteiger partial charge in [0.05, 0.1) is 0 Å². The number of amides is 1. The Hall–Kier alpha value is -1.34. The average molecular weight is 247 g/mol. The minimum atomic E-state index is -1.55. The highest BCUT2D eigenvalue weighted by atomic mass is 16.6. The van der Waals surface area contributed by atoms with E-state index in [1.165, 1.54) is 5.48 Å². The maximum atomic E-state index is 11.7. The number of nitrogens with one attached hydrogen (secondary N) is 2. The first-order valence-electron chi connectivity index (χ1n) is 5.39. The lowest BCUT2D eigenvalue weighted by Crippen LogP contribution is -2.50. The van der Waals surface area contributed by atoms with Crippen molar-refractivity contribution < 1.29 is 19.8 Å². The first kappa shape index (κ1) is 15.7. The van der Waals surface area contributed by atoms with E-state index in [4.69, 9.17) is 15.4 Å². The summed E-state index contributed by atoms with van der Waals surface area (Å²) in [6.07, 6.45) is -1.68. The van der Waals surface area contributed by atoms with Crippen molar-refractivity contribution in [3.63, 3.8) is 0 Å². The maximum Gasteiger partial charge on any atom is 0.412 e. The molecule has 7 nitrogen and oxygen atoms in total. The second-order valence-electron chi connectivity index (χ2n) is 4.57. The van der Waals surface area contributed by atoms with Crippen molar-refractivity contribution in [3.05, 3.63) is 0 Å². The molecule has 0 rings (SSSR count). The van der Waals surface area contributed by atoms with Crippen LogP contribution in [0.1, 0.15) is 34.1 Å². The lowest BCUT2D eigenvalue weighted by Gasteiger charge is -2.30. The Kier molecular flexibility index (Phi) is 5.90. The standard InChI is InChI=1S/C10H21N3O4/c1-5-6-13(8(14)7(11)12-16)9(15)17-10(2,3)4/h8,14,16H,5-6H2,1-4H3,(H2,11,12)/t8-/m0/s1. The molecule has 0 saturated heterocycles. The molecule has 0 fully saturated rings. The number of nitrogens with zero attached hydrogens (tertiary/aromatic N) is 1. The molecular weight excluding hydrogens is 226 g/mol. The quantitative estimate of drug-likeness (QED) is 0.256. The molecule has 0 aromatic carbocycles. The molecule has 0 aliphatic carbocycles. The van der Waals surface area contributed by atoms with Crippen molar-refractivity contribution in [1.29, 1.82) is 5.41 Å². The fraction of sp³-hybridized carbons (Fsp3) is 0.800. The van der Waals surface area contributed by atoms with Crippen molar-refractivity contribution >= 4 is 11.9 Å². The maximum absolute atomic E-state index is 11.7. The number of carbonyl (C=O) groups is 1. The number of amidine groups is 1. The number of aliphatic hydroxyl groups is 1. The normalized spacial score (nSPS) is 12.8. The number of rotatable bonds is 4. The van der Waals surface area contributed by atoms with Gasteiger partial charge in [0.1, 0.15) is 5.60 Å². The van der Waals surface area contributed by atoms with E-state index in [0.717, 1.165) is 4.90 Å². The predicted octanol–water partition coefficient (Wildman–Crippen LogP) is 0.908. The summed E-state index contributed by atoms with van der Waals surface area (Å²) in [5.41, 5.74) is 0.822. The zero-order valence-corrected chi connectivity index (χ0v) is 10.6. The fourth-order valence-corrected chi connectivity index (χ4v) is 1.09. The Labute approximate surface area is 101 Å². The minimum Gasteiger partial charge on any atom is -0.444 e. The van der Waals surface area contributed by atoms with Gasteiger partial charge in [-0.05, 0) is 27.2 Å². The van der Waals surface area contributed by atoms with Crippen LogP contribution in [0.25, 0.3) is 0 Å². The SMILES string of the molecule is CCCN(C(=O)OC(C)(C)C)[C@@H](O)C(=N)NO. The number of ether oxygens (including phenoxy) is 1. The molecule has 0 aliphatic heterocycles. The highest BCUT2D eigenvalue weighted by Gasteiger charge is 2.28. The number of carbonyl (C=O) groups excluding carboxylic acids is 1. The van der Waals surface area contributed by atoms with Crippen LogP contribution < -0.4 is 5.48 Å². The Morgan fingerprint density at radius 1 is 1.53 bits per heavy atom. The lowest BCUT2D eigenvalue weighted by atomic mass is 10.2. The van der Waals surface area contributed by atoms with Gasteiger partial charge in [0, 0.05) is 6.54 Å². The van der Waals surface area contributed by atoms with Gasteiger partial charge in [0.15, 0.2) is 12.1 Å². The lowest BCUT2D eigenvalue weighted by molar-refractivity contribution is -0.0112. The van der Waals surface area contributed by atoms with Gasteiger partial charge in [-0.1, -0.05) is 6.92 Å². The summed E-state index contributed by atoms with van der Waals surface area (Å²) < 4.78 is 5.09. The Morgan fingerprint density at radius 2 is 2.06 bits per heavy atom. The molecule has 100 valence electrons. The van der Waals surface area contributed by atoms with E-state index < -0.39 is 23.8 Å². The van der Waals surface area contributed by atoms with Gasteiger partial charge < -0.3 is 9.84 Å². The van der Waals surface area contributed by atoms with E-state index in [9.17, 15) is 9.90 Å². The summed E-state index contributed by atoms with van der Waals surface area (Å²) >= 11 is 0. The molecule has 1 amide bonds. The summed E-state index contributed by atoms with van der Waals surface area (Å²) in [5, 5.41) is 25.4. The third-order valence-electron chi connectivity index (χ3n) is 1.77. The molecular formula is C10H21N3O4. The highest BCUT2D eigenvalue weighted by Crippen LogP contribution is 2.11. The van der Waals surface area contributed by atoms with Crippen LogP contribution in [0.15, 0.2) is 0 Å². The summed E-state index contributed by atoms with van der Waals surface area (Å²) in [6, 6.07) is 0. The van der Waals surface area contributed by atoms with Crippen LogP contribution in [0.4, 0.5) is 4.79 Å². The van der Waals surface area contributed by atoms with E-state index in [-0.39, 0.29) is 6.54 Å². The fourth-order valence-electron chi connectivity index (χ4n) is 1.09. The van der Waals surface area contributed by atoms with Gasteiger partial charge >= 0.3 is 6.09 Å². The molecule has 0 bridgehead atoms. The molecule has 0 saturated carbocycles. The predicted molar refractivity (Wildman–Crippen MR) is 61.9 cm³/mol. The zero-order valence-electron chi connectivity index (χ0n) is 10.6. The Morgan fingerprint density at radius 3 is 2.41 bits per heavy atom. The highest BCUT2D eigenvalue weighted by molar-refractivity contribution is 5.85. The van der Waals surface area contributed by atoms with E-state index >= 15 is 0 Å². The molecule has 0 aromatic heterocycles. The molecule has 0 unspecified atom stereocenters. The smallest absolute Gasteiger partial charge is 0.412 e. The van der Waals surface area contributed by atoms with Crippen LogP contribution in [0.3, 0.4) is 0 Å². The van der Waals surface area contributed by atoms with Crippen LogP contribution in [-0.4, -0.2) is 45.5 Å². The molecule has 4 N–H and O–H groups in total. The Balaban J connectivity index is 4.72. The molecule has 0 radical (unpaired) electrons. The molecule has 7 heteroatoms.